The number of sulfonamides is 1. The lowest BCUT2D eigenvalue weighted by Gasteiger charge is -2.28. The molecule has 12 heteroatoms. The fraction of sp³-hybridized carbons (Fsp3) is 0.440. The molecule has 198 valence electrons. The summed E-state index contributed by atoms with van der Waals surface area (Å²) in [5.41, 5.74) is 2.07. The Kier molecular flexibility index (Phi) is 8.30. The fourth-order valence-corrected chi connectivity index (χ4v) is 7.63. The van der Waals surface area contributed by atoms with Crippen LogP contribution in [0.3, 0.4) is 0 Å². The van der Waals surface area contributed by atoms with Crippen molar-refractivity contribution in [1.29, 1.82) is 0 Å². The molecule has 1 atom stereocenters. The first-order chi connectivity index (χ1) is 18.0. The maximum atomic E-state index is 13.4. The van der Waals surface area contributed by atoms with Gasteiger partial charge < -0.3 is 19.4 Å². The molecule has 2 aliphatic heterocycles. The van der Waals surface area contributed by atoms with Gasteiger partial charge in [0.15, 0.2) is 5.03 Å². The maximum Gasteiger partial charge on any atom is 0.281 e. The van der Waals surface area contributed by atoms with Gasteiger partial charge >= 0.3 is 0 Å². The molecule has 4 heterocycles. The summed E-state index contributed by atoms with van der Waals surface area (Å²) in [5.74, 6) is 2.95. The Balaban J connectivity index is 1.44. The molecule has 1 unspecified atom stereocenters. The van der Waals surface area contributed by atoms with E-state index >= 15 is 0 Å². The molecule has 5 rings (SSSR count). The van der Waals surface area contributed by atoms with Gasteiger partial charge in [-0.15, -0.1) is 0 Å². The Morgan fingerprint density at radius 2 is 2.03 bits per heavy atom. The van der Waals surface area contributed by atoms with Gasteiger partial charge in [-0.3, -0.25) is 9.30 Å². The highest BCUT2D eigenvalue weighted by atomic mass is 32.2. The van der Waals surface area contributed by atoms with Crippen molar-refractivity contribution in [2.75, 3.05) is 69.4 Å². The quantitative estimate of drug-likeness (QED) is 0.377. The number of rotatable bonds is 10. The number of fused-ring (bicyclic) bond motifs is 1. The topological polar surface area (TPSA) is 100 Å². The van der Waals surface area contributed by atoms with Gasteiger partial charge in [0.05, 0.1) is 30.0 Å². The third kappa shape index (κ3) is 5.93. The van der Waals surface area contributed by atoms with Crippen LogP contribution in [-0.2, 0) is 14.8 Å². The molecule has 1 aromatic carbocycles. The first kappa shape index (κ1) is 26.4. The van der Waals surface area contributed by atoms with E-state index in [2.05, 4.69) is 14.9 Å². The van der Waals surface area contributed by atoms with Crippen LogP contribution in [0.2, 0.25) is 0 Å². The molecule has 0 amide bonds. The van der Waals surface area contributed by atoms with Crippen LogP contribution in [0.15, 0.2) is 52.6 Å². The van der Waals surface area contributed by atoms with Crippen LogP contribution in [0.4, 0.5) is 5.69 Å². The summed E-state index contributed by atoms with van der Waals surface area (Å²) in [5, 5.41) is 2.21. The number of aromatic nitrogens is 2. The lowest BCUT2D eigenvalue weighted by atomic mass is 10.2. The van der Waals surface area contributed by atoms with Gasteiger partial charge in [0.2, 0.25) is 0 Å². The third-order valence-electron chi connectivity index (χ3n) is 6.35. The number of nitrogens with zero attached hydrogens (tertiary/aromatic N) is 4. The number of hydrogen-bond acceptors (Lipinski definition) is 9. The third-order valence-corrected chi connectivity index (χ3v) is 10.2. The Labute approximate surface area is 226 Å². The fourth-order valence-electron chi connectivity index (χ4n) is 4.39. The zero-order valence-electron chi connectivity index (χ0n) is 20.9. The molecule has 0 radical (unpaired) electrons. The molecule has 2 aliphatic rings. The molecule has 37 heavy (non-hydrogen) atoms. The maximum absolute atomic E-state index is 13.4. The molecule has 0 aliphatic carbocycles. The van der Waals surface area contributed by atoms with E-state index in [0.717, 1.165) is 42.3 Å². The van der Waals surface area contributed by atoms with Crippen LogP contribution in [0, 0.1) is 0 Å². The summed E-state index contributed by atoms with van der Waals surface area (Å²) in [6.45, 7) is 4.87. The van der Waals surface area contributed by atoms with Crippen LogP contribution in [0.1, 0.15) is 5.69 Å². The normalized spacial score (nSPS) is 18.8. The summed E-state index contributed by atoms with van der Waals surface area (Å²) < 4.78 is 39.0. The van der Waals surface area contributed by atoms with E-state index in [1.165, 1.54) is 35.1 Å². The second-order valence-electron chi connectivity index (χ2n) is 8.87. The minimum Gasteiger partial charge on any atom is -0.491 e. The number of ether oxygens (including phenoxy) is 2. The molecule has 0 saturated carbocycles. The largest absolute Gasteiger partial charge is 0.491 e. The van der Waals surface area contributed by atoms with Crippen molar-refractivity contribution < 1.29 is 17.9 Å². The van der Waals surface area contributed by atoms with E-state index in [1.54, 1.807) is 37.1 Å². The molecule has 1 N–H and O–H groups in total. The number of anilines is 1. The van der Waals surface area contributed by atoms with Crippen LogP contribution >= 0.6 is 23.5 Å². The molecule has 1 fully saturated rings. The number of nitrogens with one attached hydrogen (secondary N) is 1. The van der Waals surface area contributed by atoms with Gasteiger partial charge in [-0.1, -0.05) is 17.8 Å². The number of hydrogen-bond donors (Lipinski definition) is 1. The van der Waals surface area contributed by atoms with Crippen molar-refractivity contribution in [3.8, 4) is 5.75 Å². The second kappa shape index (κ2) is 11.6. The molecule has 1 saturated heterocycles. The Hall–Kier alpha value is -2.25. The van der Waals surface area contributed by atoms with Crippen LogP contribution in [0.5, 0.6) is 5.75 Å². The smallest absolute Gasteiger partial charge is 0.281 e. The molecule has 0 bridgehead atoms. The summed E-state index contributed by atoms with van der Waals surface area (Å²) in [4.78, 5) is 14.9. The van der Waals surface area contributed by atoms with Gasteiger partial charge in [-0.05, 0) is 24.3 Å². The zero-order chi connectivity index (χ0) is 25.8. The van der Waals surface area contributed by atoms with Crippen molar-refractivity contribution in [1.82, 2.24) is 14.9 Å². The predicted molar refractivity (Wildman–Crippen MR) is 152 cm³/mol. The average molecular weight is 562 g/mol. The number of thioether (sulfide) groups is 2. The van der Waals surface area contributed by atoms with E-state index in [9.17, 15) is 8.42 Å². The summed E-state index contributed by atoms with van der Waals surface area (Å²) in [6.07, 6.45) is 1.47. The molecular formula is C25H31N5O4S3. The van der Waals surface area contributed by atoms with E-state index < -0.39 is 10.0 Å². The highest BCUT2D eigenvalue weighted by Crippen LogP contribution is 2.36. The lowest BCUT2D eigenvalue weighted by Crippen LogP contribution is -2.37. The van der Waals surface area contributed by atoms with Crippen molar-refractivity contribution in [2.45, 2.75) is 10.3 Å². The zero-order valence-corrected chi connectivity index (χ0v) is 23.4. The Morgan fingerprint density at radius 1 is 1.19 bits per heavy atom. The Bertz CT molecular complexity index is 1360. The monoisotopic (exact) mass is 561 g/mol. The van der Waals surface area contributed by atoms with E-state index in [0.29, 0.717) is 35.4 Å². The van der Waals surface area contributed by atoms with Gasteiger partial charge in [0.25, 0.3) is 10.0 Å². The first-order valence-electron chi connectivity index (χ1n) is 12.2. The minimum atomic E-state index is -3.88. The highest BCUT2D eigenvalue weighted by molar-refractivity contribution is 8.15. The lowest BCUT2D eigenvalue weighted by molar-refractivity contribution is 0.146. The second-order valence-corrected chi connectivity index (χ2v) is 13.3. The standard InChI is InChI=1S/C25H31N5O4S3/c1-29(37(31,32)23-5-3-4-6-26-23)22-15-19(34-10-9-33-2)13-18-14-21(28-24(18)22)25-27-16-20(36-25)17-30-7-11-35-12-8-30/h3-6,13-15,20,28H,7-12,16-17H2,1-2H3. The summed E-state index contributed by atoms with van der Waals surface area (Å²) in [6, 6.07) is 10.5. The Morgan fingerprint density at radius 3 is 2.78 bits per heavy atom. The molecular weight excluding hydrogens is 531 g/mol. The average Bonchev–Trinajstić information content (AvgIpc) is 3.56. The predicted octanol–water partition coefficient (Wildman–Crippen LogP) is 3.32. The summed E-state index contributed by atoms with van der Waals surface area (Å²) >= 11 is 3.81. The minimum absolute atomic E-state index is 0.0159. The number of H-pyrrole nitrogens is 1. The van der Waals surface area contributed by atoms with Gasteiger partial charge in [0.1, 0.15) is 17.4 Å². The molecule has 3 aromatic rings. The number of pyridine rings is 1. The SMILES string of the molecule is COCCOc1cc(N(C)S(=O)(=O)c2ccccn2)c2[nH]c(C3=NCC(CN4CCSCC4)S3)cc2c1. The van der Waals surface area contributed by atoms with Gasteiger partial charge in [-0.25, -0.2) is 4.98 Å². The van der Waals surface area contributed by atoms with Crippen molar-refractivity contribution >= 4 is 55.2 Å². The van der Waals surface area contributed by atoms with Crippen molar-refractivity contribution in [3.63, 3.8) is 0 Å². The number of aromatic amines is 1. The van der Waals surface area contributed by atoms with Gasteiger partial charge in [0, 0.05) is 68.2 Å². The molecule has 0 spiro atoms. The number of aliphatic imine (C=N–C) groups is 1. The van der Waals surface area contributed by atoms with Crippen molar-refractivity contribution in [3.05, 3.63) is 48.3 Å². The van der Waals surface area contributed by atoms with E-state index in [4.69, 9.17) is 14.5 Å². The highest BCUT2D eigenvalue weighted by Gasteiger charge is 2.28. The van der Waals surface area contributed by atoms with Gasteiger partial charge in [-0.2, -0.15) is 20.2 Å². The van der Waals surface area contributed by atoms with Crippen LogP contribution in [-0.4, -0.2) is 98.6 Å². The van der Waals surface area contributed by atoms with E-state index in [1.807, 2.05) is 23.9 Å². The van der Waals surface area contributed by atoms with Crippen molar-refractivity contribution in [2.24, 2.45) is 4.99 Å². The first-order valence-corrected chi connectivity index (χ1v) is 15.6. The van der Waals surface area contributed by atoms with E-state index in [-0.39, 0.29) is 5.03 Å². The molecule has 2 aromatic heterocycles. The molecule has 9 nitrogen and oxygen atoms in total. The van der Waals surface area contributed by atoms with Crippen LogP contribution in [0.25, 0.3) is 10.9 Å². The summed E-state index contributed by atoms with van der Waals surface area (Å²) in [7, 11) is -0.734. The van der Waals surface area contributed by atoms with Crippen LogP contribution < -0.4 is 9.04 Å². The number of methoxy groups -OCH3 is 1. The number of benzene rings is 1.